The van der Waals surface area contributed by atoms with E-state index < -0.39 is 11.9 Å². The Kier molecular flexibility index (Phi) is 10.3. The number of methoxy groups -OCH3 is 2. The summed E-state index contributed by atoms with van der Waals surface area (Å²) in [6, 6.07) is 10.0. The summed E-state index contributed by atoms with van der Waals surface area (Å²) in [5, 5.41) is 10.3. The Balaban J connectivity index is 0.000000309. The SMILES string of the molecule is C=CCC1=CC(OC)C(O)(OC)C=C1CC=C.O=CCCc1ccccc1. The highest BCUT2D eigenvalue weighted by Crippen LogP contribution is 2.32. The fraction of sp³-hybridized carbons (Fsp3) is 0.348. The van der Waals surface area contributed by atoms with Gasteiger partial charge < -0.3 is 19.4 Å². The van der Waals surface area contributed by atoms with Crippen LogP contribution in [-0.2, 0) is 20.7 Å². The highest BCUT2D eigenvalue weighted by atomic mass is 16.6. The van der Waals surface area contributed by atoms with Crippen molar-refractivity contribution in [2.24, 2.45) is 0 Å². The van der Waals surface area contributed by atoms with Crippen LogP contribution in [0.25, 0.3) is 0 Å². The number of rotatable bonds is 9. The first kappa shape index (κ1) is 22.8. The Bertz CT molecular complexity index is 660. The van der Waals surface area contributed by atoms with Crippen LogP contribution in [0, 0.1) is 0 Å². The molecule has 4 heteroatoms. The smallest absolute Gasteiger partial charge is 0.216 e. The third-order valence-electron chi connectivity index (χ3n) is 4.26. The van der Waals surface area contributed by atoms with Gasteiger partial charge in [-0.1, -0.05) is 42.5 Å². The van der Waals surface area contributed by atoms with E-state index in [0.29, 0.717) is 12.8 Å². The monoisotopic (exact) mass is 370 g/mol. The Morgan fingerprint density at radius 2 is 1.74 bits per heavy atom. The van der Waals surface area contributed by atoms with Crippen LogP contribution in [0.4, 0.5) is 0 Å². The molecule has 4 nitrogen and oxygen atoms in total. The summed E-state index contributed by atoms with van der Waals surface area (Å²) < 4.78 is 10.4. The topological polar surface area (TPSA) is 55.8 Å². The molecular formula is C23H30O4. The maximum atomic E-state index is 10.3. The molecule has 0 fully saturated rings. The average molecular weight is 370 g/mol. The third-order valence-corrected chi connectivity index (χ3v) is 4.26. The lowest BCUT2D eigenvalue weighted by molar-refractivity contribution is -0.203. The molecular weight excluding hydrogens is 340 g/mol. The van der Waals surface area contributed by atoms with Gasteiger partial charge in [0.05, 0.1) is 0 Å². The first-order valence-corrected chi connectivity index (χ1v) is 8.97. The number of benzene rings is 1. The van der Waals surface area contributed by atoms with E-state index in [4.69, 9.17) is 9.47 Å². The maximum Gasteiger partial charge on any atom is 0.216 e. The van der Waals surface area contributed by atoms with E-state index in [1.165, 1.54) is 12.7 Å². The van der Waals surface area contributed by atoms with E-state index in [-0.39, 0.29) is 0 Å². The molecule has 0 radical (unpaired) electrons. The van der Waals surface area contributed by atoms with Crippen LogP contribution in [0.1, 0.15) is 24.8 Å². The van der Waals surface area contributed by atoms with Crippen molar-refractivity contribution < 1.29 is 19.4 Å². The number of allylic oxidation sites excluding steroid dienone is 4. The summed E-state index contributed by atoms with van der Waals surface area (Å²) in [4.78, 5) is 9.98. The van der Waals surface area contributed by atoms with Gasteiger partial charge in [-0.05, 0) is 48.1 Å². The number of hydrogen-bond acceptors (Lipinski definition) is 4. The van der Waals surface area contributed by atoms with E-state index >= 15 is 0 Å². The first-order chi connectivity index (χ1) is 13.0. The quantitative estimate of drug-likeness (QED) is 0.403. The van der Waals surface area contributed by atoms with Gasteiger partial charge in [0, 0.05) is 20.6 Å². The second-order valence-electron chi connectivity index (χ2n) is 6.15. The van der Waals surface area contributed by atoms with Crippen LogP contribution in [-0.4, -0.2) is 37.5 Å². The second kappa shape index (κ2) is 12.2. The average Bonchev–Trinajstić information content (AvgIpc) is 2.70. The van der Waals surface area contributed by atoms with Crippen molar-refractivity contribution in [2.75, 3.05) is 14.2 Å². The minimum absolute atomic E-state index is 0.504. The van der Waals surface area contributed by atoms with Gasteiger partial charge in [0.1, 0.15) is 12.4 Å². The van der Waals surface area contributed by atoms with E-state index in [1.54, 1.807) is 19.3 Å². The highest BCUT2D eigenvalue weighted by molar-refractivity contribution is 5.50. The minimum Gasteiger partial charge on any atom is -0.371 e. The van der Waals surface area contributed by atoms with Crippen LogP contribution in [0.2, 0.25) is 0 Å². The lowest BCUT2D eigenvalue weighted by Gasteiger charge is -2.34. The van der Waals surface area contributed by atoms with Gasteiger partial charge in [-0.25, -0.2) is 0 Å². The Morgan fingerprint density at radius 3 is 2.26 bits per heavy atom. The van der Waals surface area contributed by atoms with Gasteiger partial charge in [-0.3, -0.25) is 0 Å². The molecule has 146 valence electrons. The van der Waals surface area contributed by atoms with Crippen molar-refractivity contribution in [1.29, 1.82) is 0 Å². The number of aryl methyl sites for hydroxylation is 1. The molecule has 0 aliphatic heterocycles. The maximum absolute atomic E-state index is 10.3. The van der Waals surface area contributed by atoms with Crippen LogP contribution >= 0.6 is 0 Å². The predicted octanol–water partition coefficient (Wildman–Crippen LogP) is 4.17. The molecule has 1 aromatic carbocycles. The summed E-state index contributed by atoms with van der Waals surface area (Å²) in [5.74, 6) is -1.40. The van der Waals surface area contributed by atoms with Crippen molar-refractivity contribution >= 4 is 6.29 Å². The third kappa shape index (κ3) is 7.10. The van der Waals surface area contributed by atoms with Gasteiger partial charge in [0.15, 0.2) is 0 Å². The number of aliphatic hydroxyl groups is 1. The molecule has 0 saturated carbocycles. The van der Waals surface area contributed by atoms with Gasteiger partial charge in [0.25, 0.3) is 0 Å². The molecule has 0 heterocycles. The molecule has 1 N–H and O–H groups in total. The van der Waals surface area contributed by atoms with E-state index in [1.807, 2.05) is 42.5 Å². The molecule has 2 unspecified atom stereocenters. The van der Waals surface area contributed by atoms with E-state index in [9.17, 15) is 9.90 Å². The van der Waals surface area contributed by atoms with Crippen LogP contribution < -0.4 is 0 Å². The highest BCUT2D eigenvalue weighted by Gasteiger charge is 2.37. The molecule has 0 aromatic heterocycles. The summed E-state index contributed by atoms with van der Waals surface area (Å²) in [5.41, 5.74) is 3.32. The van der Waals surface area contributed by atoms with E-state index in [2.05, 4.69) is 13.2 Å². The van der Waals surface area contributed by atoms with Gasteiger partial charge >= 0.3 is 0 Å². The molecule has 0 saturated heterocycles. The van der Waals surface area contributed by atoms with Crippen LogP contribution in [0.15, 0.2) is 78.9 Å². The number of hydrogen-bond donors (Lipinski definition) is 1. The first-order valence-electron chi connectivity index (χ1n) is 8.97. The van der Waals surface area contributed by atoms with Gasteiger partial charge in [0.2, 0.25) is 5.79 Å². The molecule has 1 aromatic rings. The molecule has 1 aliphatic carbocycles. The summed E-state index contributed by atoms with van der Waals surface area (Å²) in [7, 11) is 3.00. The minimum atomic E-state index is -1.40. The predicted molar refractivity (Wildman–Crippen MR) is 109 cm³/mol. The van der Waals surface area contributed by atoms with Crippen LogP contribution in [0.5, 0.6) is 0 Å². The van der Waals surface area contributed by atoms with Crippen molar-refractivity contribution in [3.05, 3.63) is 84.5 Å². The number of ether oxygens (including phenoxy) is 2. The van der Waals surface area contributed by atoms with E-state index in [0.717, 1.165) is 30.3 Å². The van der Waals surface area contributed by atoms with Crippen molar-refractivity contribution in [3.8, 4) is 0 Å². The molecule has 1 aliphatic rings. The van der Waals surface area contributed by atoms with Gasteiger partial charge in [-0.2, -0.15) is 0 Å². The molecule has 0 amide bonds. The normalized spacial score (nSPS) is 21.2. The summed E-state index contributed by atoms with van der Waals surface area (Å²) in [6.45, 7) is 7.44. The van der Waals surface area contributed by atoms with Crippen LogP contribution in [0.3, 0.4) is 0 Å². The van der Waals surface area contributed by atoms with Crippen molar-refractivity contribution in [2.45, 2.75) is 37.6 Å². The lowest BCUT2D eigenvalue weighted by Crippen LogP contribution is -2.44. The zero-order valence-electron chi connectivity index (χ0n) is 16.3. The molecule has 27 heavy (non-hydrogen) atoms. The number of carbonyl (C=O) groups is 1. The largest absolute Gasteiger partial charge is 0.371 e. The Morgan fingerprint density at radius 1 is 1.11 bits per heavy atom. The molecule has 2 atom stereocenters. The van der Waals surface area contributed by atoms with Crippen molar-refractivity contribution in [3.63, 3.8) is 0 Å². The number of aldehydes is 1. The number of carbonyl (C=O) groups excluding carboxylic acids is 1. The summed E-state index contributed by atoms with van der Waals surface area (Å²) >= 11 is 0. The molecule has 0 bridgehead atoms. The molecule has 0 spiro atoms. The van der Waals surface area contributed by atoms with Gasteiger partial charge in [-0.15, -0.1) is 13.2 Å². The Labute approximate surface area is 162 Å². The fourth-order valence-electron chi connectivity index (χ4n) is 2.82. The summed E-state index contributed by atoms with van der Waals surface area (Å²) in [6.07, 6.45) is 10.6. The molecule has 2 rings (SSSR count). The standard InChI is InChI=1S/C14H20O3.C9H10O/c1-5-7-11-9-13(16-3)14(15,17-4)10-12(11)8-6-2;10-8-4-7-9-5-2-1-3-6-9/h5-6,9-10,13,15H,1-2,7-8H2,3-4H3;1-3,5-6,8H,4,7H2. The zero-order chi connectivity index (χ0) is 20.1. The zero-order valence-corrected chi connectivity index (χ0v) is 16.3. The van der Waals surface area contributed by atoms with Crippen molar-refractivity contribution in [1.82, 2.24) is 0 Å². The Hall–Kier alpha value is -2.27. The second-order valence-corrected chi connectivity index (χ2v) is 6.15. The fourth-order valence-corrected chi connectivity index (χ4v) is 2.82. The lowest BCUT2D eigenvalue weighted by atomic mass is 9.88.